The molecule has 1 aliphatic rings. The van der Waals surface area contributed by atoms with E-state index in [-0.39, 0.29) is 23.9 Å². The highest BCUT2D eigenvalue weighted by molar-refractivity contribution is 5.87. The first-order valence-corrected chi connectivity index (χ1v) is 8.61. The predicted octanol–water partition coefficient (Wildman–Crippen LogP) is 4.57. The lowest BCUT2D eigenvalue weighted by Crippen LogP contribution is -2.38. The third kappa shape index (κ3) is 5.98. The Morgan fingerprint density at radius 2 is 2.00 bits per heavy atom. The van der Waals surface area contributed by atoms with Crippen molar-refractivity contribution < 1.29 is 14.6 Å². The standard InChI is InChI=1S/C20H32O3/c1-7-16(6)20(22)23-18-12-15(5)10-8-9-14(4)11-17(21)19(18)13(2)3/h7,10-11,13,17-19,21H,8-9,12H2,1-6H3/b14-11+,15-10+,16-7+/t17-,18-,19-/m0/s1. The second-order valence-corrected chi connectivity index (χ2v) is 7.03. The lowest BCUT2D eigenvalue weighted by Gasteiger charge is -2.33. The fraction of sp³-hybridized carbons (Fsp3) is 0.650. The molecule has 1 aliphatic carbocycles. The maximum atomic E-state index is 12.2. The van der Waals surface area contributed by atoms with E-state index >= 15 is 0 Å². The van der Waals surface area contributed by atoms with Crippen molar-refractivity contribution in [1.29, 1.82) is 0 Å². The zero-order valence-electron chi connectivity index (χ0n) is 15.4. The van der Waals surface area contributed by atoms with E-state index in [9.17, 15) is 9.90 Å². The van der Waals surface area contributed by atoms with Gasteiger partial charge in [0.15, 0.2) is 0 Å². The van der Waals surface area contributed by atoms with E-state index in [1.165, 1.54) is 11.1 Å². The van der Waals surface area contributed by atoms with Crippen LogP contribution in [0.5, 0.6) is 0 Å². The molecule has 0 aromatic heterocycles. The van der Waals surface area contributed by atoms with Gasteiger partial charge in [0.2, 0.25) is 0 Å². The van der Waals surface area contributed by atoms with Crippen LogP contribution in [0.2, 0.25) is 0 Å². The molecule has 3 atom stereocenters. The van der Waals surface area contributed by atoms with Crippen LogP contribution in [0.4, 0.5) is 0 Å². The number of hydrogen-bond donors (Lipinski definition) is 1. The quantitative estimate of drug-likeness (QED) is 0.470. The van der Waals surface area contributed by atoms with Crippen molar-refractivity contribution in [3.05, 3.63) is 34.9 Å². The fourth-order valence-corrected chi connectivity index (χ4v) is 3.08. The fourth-order valence-electron chi connectivity index (χ4n) is 3.08. The van der Waals surface area contributed by atoms with Gasteiger partial charge < -0.3 is 9.84 Å². The summed E-state index contributed by atoms with van der Waals surface area (Å²) in [6.07, 6.45) is 7.60. The SMILES string of the molecule is C/C=C(\C)C(=O)O[C@H]1C/C(C)=C/CC/C(C)=C/[C@H](O)[C@@H]1C(C)C. The molecule has 0 spiro atoms. The van der Waals surface area contributed by atoms with Gasteiger partial charge >= 0.3 is 5.97 Å². The first kappa shape index (κ1) is 19.7. The summed E-state index contributed by atoms with van der Waals surface area (Å²) in [6, 6.07) is 0. The molecule has 23 heavy (non-hydrogen) atoms. The molecule has 3 heteroatoms. The summed E-state index contributed by atoms with van der Waals surface area (Å²) in [4.78, 5) is 12.2. The molecule has 1 rings (SSSR count). The lowest BCUT2D eigenvalue weighted by molar-refractivity contribution is -0.150. The zero-order valence-corrected chi connectivity index (χ0v) is 15.4. The van der Waals surface area contributed by atoms with Crippen LogP contribution < -0.4 is 0 Å². The van der Waals surface area contributed by atoms with E-state index in [2.05, 4.69) is 33.8 Å². The van der Waals surface area contributed by atoms with Gasteiger partial charge in [-0.25, -0.2) is 4.79 Å². The number of allylic oxidation sites excluding steroid dienone is 3. The number of hydrogen-bond acceptors (Lipinski definition) is 3. The molecule has 3 nitrogen and oxygen atoms in total. The molecule has 0 unspecified atom stereocenters. The molecule has 0 radical (unpaired) electrons. The van der Waals surface area contributed by atoms with Crippen molar-refractivity contribution in [2.75, 3.05) is 0 Å². The molecule has 0 aromatic rings. The van der Waals surface area contributed by atoms with Crippen LogP contribution >= 0.6 is 0 Å². The highest BCUT2D eigenvalue weighted by Crippen LogP contribution is 2.30. The average molecular weight is 320 g/mol. The van der Waals surface area contributed by atoms with Crippen molar-refractivity contribution in [1.82, 2.24) is 0 Å². The van der Waals surface area contributed by atoms with Gasteiger partial charge in [-0.15, -0.1) is 0 Å². The van der Waals surface area contributed by atoms with Crippen LogP contribution in [0.15, 0.2) is 34.9 Å². The molecule has 0 fully saturated rings. The van der Waals surface area contributed by atoms with Crippen molar-refractivity contribution in [3.8, 4) is 0 Å². The molecule has 0 aliphatic heterocycles. The minimum Gasteiger partial charge on any atom is -0.458 e. The minimum atomic E-state index is -0.593. The molecule has 130 valence electrons. The Morgan fingerprint density at radius 3 is 2.57 bits per heavy atom. The second-order valence-electron chi connectivity index (χ2n) is 7.03. The van der Waals surface area contributed by atoms with Gasteiger partial charge in [-0.3, -0.25) is 0 Å². The number of aliphatic hydroxyl groups is 1. The summed E-state index contributed by atoms with van der Waals surface area (Å²) in [5.41, 5.74) is 3.00. The van der Waals surface area contributed by atoms with Crippen LogP contribution in [-0.2, 0) is 9.53 Å². The third-order valence-electron chi connectivity index (χ3n) is 4.62. The molecule has 0 saturated carbocycles. The maximum Gasteiger partial charge on any atom is 0.333 e. The number of carbonyl (C=O) groups excluding carboxylic acids is 1. The number of aliphatic hydroxyl groups excluding tert-OH is 1. The molecule has 0 bridgehead atoms. The Kier molecular flexibility index (Phi) is 7.77. The van der Waals surface area contributed by atoms with E-state index in [1.54, 1.807) is 13.0 Å². The van der Waals surface area contributed by atoms with E-state index in [4.69, 9.17) is 4.74 Å². The van der Waals surface area contributed by atoms with E-state index in [0.29, 0.717) is 12.0 Å². The third-order valence-corrected chi connectivity index (χ3v) is 4.62. The average Bonchev–Trinajstić information content (AvgIpc) is 2.44. The Balaban J connectivity index is 3.15. The second kappa shape index (κ2) is 9.07. The molecular weight excluding hydrogens is 288 g/mol. The molecule has 0 heterocycles. The smallest absolute Gasteiger partial charge is 0.333 e. The van der Waals surface area contributed by atoms with E-state index in [1.807, 2.05) is 13.0 Å². The maximum absolute atomic E-state index is 12.2. The molecule has 0 amide bonds. The van der Waals surface area contributed by atoms with Gasteiger partial charge in [0.1, 0.15) is 6.10 Å². The summed E-state index contributed by atoms with van der Waals surface area (Å²) in [6.45, 7) is 11.9. The Labute approximate surface area is 141 Å². The lowest BCUT2D eigenvalue weighted by atomic mass is 9.81. The van der Waals surface area contributed by atoms with Gasteiger partial charge in [0, 0.05) is 17.9 Å². The summed E-state index contributed by atoms with van der Waals surface area (Å²) in [5.74, 6) is -0.189. The Hall–Kier alpha value is -1.35. The van der Waals surface area contributed by atoms with Gasteiger partial charge in [0.25, 0.3) is 0 Å². The van der Waals surface area contributed by atoms with Crippen LogP contribution in [0, 0.1) is 11.8 Å². The van der Waals surface area contributed by atoms with Crippen LogP contribution in [0.1, 0.15) is 60.8 Å². The summed E-state index contributed by atoms with van der Waals surface area (Å²) < 4.78 is 5.79. The molecule has 0 saturated heterocycles. The highest BCUT2D eigenvalue weighted by atomic mass is 16.5. The monoisotopic (exact) mass is 320 g/mol. The van der Waals surface area contributed by atoms with E-state index < -0.39 is 6.10 Å². The molecule has 1 N–H and O–H groups in total. The van der Waals surface area contributed by atoms with E-state index in [0.717, 1.165) is 12.8 Å². The van der Waals surface area contributed by atoms with Crippen molar-refractivity contribution >= 4 is 5.97 Å². The van der Waals surface area contributed by atoms with Crippen LogP contribution in [-0.4, -0.2) is 23.3 Å². The van der Waals surface area contributed by atoms with Gasteiger partial charge in [-0.05, 0) is 46.5 Å². The highest BCUT2D eigenvalue weighted by Gasteiger charge is 2.33. The summed E-state index contributed by atoms with van der Waals surface area (Å²) in [7, 11) is 0. The largest absolute Gasteiger partial charge is 0.458 e. The molecule has 0 aromatic carbocycles. The van der Waals surface area contributed by atoms with Crippen molar-refractivity contribution in [2.24, 2.45) is 11.8 Å². The van der Waals surface area contributed by atoms with Crippen LogP contribution in [0.25, 0.3) is 0 Å². The minimum absolute atomic E-state index is 0.111. The molecular formula is C20H32O3. The van der Waals surface area contributed by atoms with Gasteiger partial charge in [-0.1, -0.05) is 43.2 Å². The Bertz CT molecular complexity index is 497. The summed E-state index contributed by atoms with van der Waals surface area (Å²) in [5, 5.41) is 10.7. The van der Waals surface area contributed by atoms with Gasteiger partial charge in [0.05, 0.1) is 6.10 Å². The van der Waals surface area contributed by atoms with Crippen LogP contribution in [0.3, 0.4) is 0 Å². The zero-order chi connectivity index (χ0) is 17.6. The first-order chi connectivity index (χ1) is 10.8. The number of ether oxygens (including phenoxy) is 1. The number of esters is 1. The predicted molar refractivity (Wildman–Crippen MR) is 95.0 cm³/mol. The van der Waals surface area contributed by atoms with Crippen molar-refractivity contribution in [2.45, 2.75) is 73.0 Å². The van der Waals surface area contributed by atoms with Crippen molar-refractivity contribution in [3.63, 3.8) is 0 Å². The number of rotatable bonds is 3. The van der Waals surface area contributed by atoms with Gasteiger partial charge in [-0.2, -0.15) is 0 Å². The summed E-state index contributed by atoms with van der Waals surface area (Å²) >= 11 is 0. The topological polar surface area (TPSA) is 46.5 Å². The Morgan fingerprint density at radius 1 is 1.35 bits per heavy atom. The number of carbonyl (C=O) groups is 1. The first-order valence-electron chi connectivity index (χ1n) is 8.61. The normalized spacial score (nSPS) is 31.8.